The Bertz CT molecular complexity index is 798. The molecule has 0 aliphatic carbocycles. The molecule has 2 aliphatic rings. The van der Waals surface area contributed by atoms with Crippen LogP contribution >= 0.6 is 0 Å². The zero-order valence-electron chi connectivity index (χ0n) is 17.7. The molecule has 0 aromatic heterocycles. The third-order valence-corrected chi connectivity index (χ3v) is 4.58. The molecule has 0 unspecified atom stereocenters. The quantitative estimate of drug-likeness (QED) is 0.698. The van der Waals surface area contributed by atoms with Gasteiger partial charge in [0.15, 0.2) is 11.5 Å². The van der Waals surface area contributed by atoms with Crippen molar-refractivity contribution in [1.29, 1.82) is 0 Å². The Balaban J connectivity index is 1.67. The summed E-state index contributed by atoms with van der Waals surface area (Å²) in [5.41, 5.74) is -0.0304. The van der Waals surface area contributed by atoms with Crippen LogP contribution in [0.2, 0.25) is 0 Å². The predicted molar refractivity (Wildman–Crippen MR) is 110 cm³/mol. The maximum atomic E-state index is 12.8. The number of amides is 3. The Labute approximate surface area is 176 Å². The van der Waals surface area contributed by atoms with E-state index in [1.807, 2.05) is 20.8 Å². The van der Waals surface area contributed by atoms with Crippen molar-refractivity contribution >= 4 is 23.4 Å². The first-order valence-corrected chi connectivity index (χ1v) is 10.1. The van der Waals surface area contributed by atoms with Gasteiger partial charge >= 0.3 is 11.8 Å². The summed E-state index contributed by atoms with van der Waals surface area (Å²) in [5, 5.41) is 5.40. The molecule has 2 heterocycles. The largest absolute Gasteiger partial charge is 0.486 e. The second-order valence-corrected chi connectivity index (χ2v) is 8.43. The van der Waals surface area contributed by atoms with E-state index in [0.29, 0.717) is 37.0 Å². The Hall–Kier alpha value is -2.81. The normalized spacial score (nSPS) is 17.9. The zero-order chi connectivity index (χ0) is 21.7. The van der Waals surface area contributed by atoms with E-state index >= 15 is 0 Å². The van der Waals surface area contributed by atoms with Gasteiger partial charge in [-0.2, -0.15) is 0 Å². The number of anilines is 1. The fraction of sp³-hybridized carbons (Fsp3) is 0.571. The minimum atomic E-state index is -0.826. The van der Waals surface area contributed by atoms with Crippen molar-refractivity contribution in [3.8, 4) is 11.5 Å². The van der Waals surface area contributed by atoms with E-state index in [1.165, 1.54) is 4.90 Å². The van der Waals surface area contributed by atoms with Gasteiger partial charge in [0.25, 0.3) is 0 Å². The minimum Gasteiger partial charge on any atom is -0.486 e. The highest BCUT2D eigenvalue weighted by molar-refractivity contribution is 6.39. The number of nitrogens with zero attached hydrogens (tertiary/aromatic N) is 1. The van der Waals surface area contributed by atoms with Crippen LogP contribution in [0.3, 0.4) is 0 Å². The van der Waals surface area contributed by atoms with Gasteiger partial charge in [-0.25, -0.2) is 0 Å². The molecule has 3 amide bonds. The van der Waals surface area contributed by atoms with Crippen molar-refractivity contribution in [2.75, 3.05) is 38.2 Å². The highest BCUT2D eigenvalue weighted by atomic mass is 16.6. The highest BCUT2D eigenvalue weighted by Crippen LogP contribution is 2.32. The monoisotopic (exact) mass is 419 g/mol. The van der Waals surface area contributed by atoms with E-state index < -0.39 is 17.4 Å². The van der Waals surface area contributed by atoms with E-state index in [9.17, 15) is 14.4 Å². The van der Waals surface area contributed by atoms with Crippen molar-refractivity contribution in [3.05, 3.63) is 18.2 Å². The van der Waals surface area contributed by atoms with Crippen LogP contribution in [0.1, 0.15) is 33.6 Å². The lowest BCUT2D eigenvalue weighted by Crippen LogP contribution is -2.51. The predicted octanol–water partition coefficient (Wildman–Crippen LogP) is 1.32. The van der Waals surface area contributed by atoms with Crippen LogP contribution in [0, 0.1) is 0 Å². The summed E-state index contributed by atoms with van der Waals surface area (Å²) in [5.74, 6) is -0.852. The molecule has 0 bridgehead atoms. The molecule has 1 atom stereocenters. The number of carbonyl (C=O) groups is 3. The van der Waals surface area contributed by atoms with Crippen LogP contribution in [0.25, 0.3) is 0 Å². The van der Waals surface area contributed by atoms with Crippen LogP contribution in [0.15, 0.2) is 18.2 Å². The lowest BCUT2D eigenvalue weighted by atomic mass is 10.1. The van der Waals surface area contributed by atoms with E-state index in [2.05, 4.69) is 10.6 Å². The summed E-state index contributed by atoms with van der Waals surface area (Å²) in [6.45, 7) is 7.02. The molecule has 1 fully saturated rings. The molecule has 2 N–H and O–H groups in total. The van der Waals surface area contributed by atoms with Crippen molar-refractivity contribution in [3.63, 3.8) is 0 Å². The summed E-state index contributed by atoms with van der Waals surface area (Å²) in [7, 11) is 0. The topological polar surface area (TPSA) is 106 Å². The number of fused-ring (bicyclic) bond motifs is 1. The van der Waals surface area contributed by atoms with Crippen molar-refractivity contribution in [2.24, 2.45) is 0 Å². The Morgan fingerprint density at radius 1 is 1.10 bits per heavy atom. The number of hydrogen-bond donors (Lipinski definition) is 2. The van der Waals surface area contributed by atoms with Crippen LogP contribution in [0.5, 0.6) is 11.5 Å². The van der Waals surface area contributed by atoms with E-state index in [4.69, 9.17) is 14.2 Å². The molecule has 1 aromatic carbocycles. The number of carbonyl (C=O) groups excluding carboxylic acids is 3. The third-order valence-electron chi connectivity index (χ3n) is 4.58. The zero-order valence-corrected chi connectivity index (χ0v) is 17.7. The minimum absolute atomic E-state index is 0.182. The first-order chi connectivity index (χ1) is 14.2. The molecular formula is C21H29N3O6. The van der Waals surface area contributed by atoms with Crippen molar-refractivity contribution < 1.29 is 28.6 Å². The lowest BCUT2D eigenvalue weighted by molar-refractivity contribution is -0.146. The van der Waals surface area contributed by atoms with Gasteiger partial charge < -0.3 is 29.7 Å². The molecule has 9 nitrogen and oxygen atoms in total. The fourth-order valence-electron chi connectivity index (χ4n) is 3.33. The molecule has 164 valence electrons. The lowest BCUT2D eigenvalue weighted by Gasteiger charge is -2.27. The summed E-state index contributed by atoms with van der Waals surface area (Å²) in [6.07, 6.45) is 1.50. The van der Waals surface area contributed by atoms with Crippen LogP contribution < -0.4 is 20.1 Å². The molecule has 0 spiro atoms. The van der Waals surface area contributed by atoms with E-state index in [0.717, 1.165) is 12.8 Å². The standard InChI is InChI=1S/C21H29N3O6/c1-21(2,3)23-18(25)13-24(12-15-5-4-8-28-15)20(27)19(26)22-14-6-7-16-17(11-14)30-10-9-29-16/h6-7,11,15H,4-5,8-10,12-13H2,1-3H3,(H,22,26)(H,23,25)/t15-/m0/s1. The Morgan fingerprint density at radius 3 is 2.50 bits per heavy atom. The molecule has 0 saturated carbocycles. The van der Waals surface area contributed by atoms with Gasteiger partial charge in [0.1, 0.15) is 19.8 Å². The fourth-order valence-corrected chi connectivity index (χ4v) is 3.33. The number of hydrogen-bond acceptors (Lipinski definition) is 6. The van der Waals surface area contributed by atoms with Gasteiger partial charge in [0, 0.05) is 30.4 Å². The maximum Gasteiger partial charge on any atom is 0.313 e. The molecule has 2 aliphatic heterocycles. The van der Waals surface area contributed by atoms with Gasteiger partial charge in [-0.1, -0.05) is 0 Å². The average Bonchev–Trinajstić information content (AvgIpc) is 3.18. The van der Waals surface area contributed by atoms with Gasteiger partial charge in [-0.15, -0.1) is 0 Å². The first-order valence-electron chi connectivity index (χ1n) is 10.1. The molecule has 9 heteroatoms. The van der Waals surface area contributed by atoms with Crippen molar-refractivity contribution in [1.82, 2.24) is 10.2 Å². The molecule has 3 rings (SSSR count). The third kappa shape index (κ3) is 6.09. The number of nitrogens with one attached hydrogen (secondary N) is 2. The molecule has 0 radical (unpaired) electrons. The van der Waals surface area contributed by atoms with E-state index in [1.54, 1.807) is 18.2 Å². The summed E-state index contributed by atoms with van der Waals surface area (Å²) >= 11 is 0. The van der Waals surface area contributed by atoms with Crippen LogP contribution in [0.4, 0.5) is 5.69 Å². The number of rotatable bonds is 5. The highest BCUT2D eigenvalue weighted by Gasteiger charge is 2.29. The number of benzene rings is 1. The Kier molecular flexibility index (Phi) is 6.81. The van der Waals surface area contributed by atoms with Gasteiger partial charge in [-0.3, -0.25) is 14.4 Å². The van der Waals surface area contributed by atoms with Gasteiger partial charge in [0.05, 0.1) is 6.10 Å². The smallest absolute Gasteiger partial charge is 0.313 e. The molecule has 1 saturated heterocycles. The average molecular weight is 419 g/mol. The number of ether oxygens (including phenoxy) is 3. The summed E-state index contributed by atoms with van der Waals surface area (Å²) < 4.78 is 16.5. The molecule has 30 heavy (non-hydrogen) atoms. The Morgan fingerprint density at radius 2 is 1.83 bits per heavy atom. The molecule has 1 aromatic rings. The van der Waals surface area contributed by atoms with Gasteiger partial charge in [0.2, 0.25) is 5.91 Å². The first kappa shape index (κ1) is 21.9. The summed E-state index contributed by atoms with van der Waals surface area (Å²) in [6, 6.07) is 4.92. The second-order valence-electron chi connectivity index (χ2n) is 8.43. The molecular weight excluding hydrogens is 390 g/mol. The summed E-state index contributed by atoms with van der Waals surface area (Å²) in [4.78, 5) is 39.1. The maximum absolute atomic E-state index is 12.8. The van der Waals surface area contributed by atoms with Crippen LogP contribution in [-0.2, 0) is 19.1 Å². The van der Waals surface area contributed by atoms with E-state index in [-0.39, 0.29) is 25.1 Å². The SMILES string of the molecule is CC(C)(C)NC(=O)CN(C[C@@H]1CCCO1)C(=O)C(=O)Nc1ccc2c(c1)OCCO2. The van der Waals surface area contributed by atoms with Gasteiger partial charge in [-0.05, 0) is 45.7 Å². The van der Waals surface area contributed by atoms with Crippen LogP contribution in [-0.4, -0.2) is 67.2 Å². The van der Waals surface area contributed by atoms with Crippen molar-refractivity contribution in [2.45, 2.75) is 45.3 Å². The second kappa shape index (κ2) is 9.34.